The summed E-state index contributed by atoms with van der Waals surface area (Å²) in [4.78, 5) is 5.94. The van der Waals surface area contributed by atoms with Crippen LogP contribution in [0.3, 0.4) is 0 Å². The Balaban J connectivity index is 2.34. The van der Waals surface area contributed by atoms with Gasteiger partial charge in [-0.15, -0.1) is 11.3 Å². The first-order valence-corrected chi connectivity index (χ1v) is 5.40. The van der Waals surface area contributed by atoms with E-state index in [9.17, 15) is 0 Å². The van der Waals surface area contributed by atoms with Crippen LogP contribution in [-0.2, 0) is 13.0 Å². The van der Waals surface area contributed by atoms with Gasteiger partial charge < -0.3 is 0 Å². The van der Waals surface area contributed by atoms with Crippen LogP contribution in [0.5, 0.6) is 0 Å². The molecular weight excluding hydrogens is 271 g/mol. The third-order valence-electron chi connectivity index (χ3n) is 1.79. The van der Waals surface area contributed by atoms with E-state index in [1.807, 2.05) is 11.3 Å². The topological polar surface area (TPSA) is 16.1 Å². The monoisotopic (exact) mass is 280 g/mol. The van der Waals surface area contributed by atoms with E-state index < -0.39 is 0 Å². The molecule has 0 radical (unpaired) electrons. The van der Waals surface area contributed by atoms with Gasteiger partial charge in [0, 0.05) is 47.3 Å². The van der Waals surface area contributed by atoms with Crippen LogP contribution in [-0.4, -0.2) is 14.6 Å². The van der Waals surface area contributed by atoms with Crippen LogP contribution in [0.1, 0.15) is 15.6 Å². The number of nitrogens with zero attached hydrogens (tertiary/aromatic N) is 2. The molecule has 0 N–H and O–H groups in total. The van der Waals surface area contributed by atoms with Crippen molar-refractivity contribution in [1.29, 1.82) is 0 Å². The van der Waals surface area contributed by atoms with Gasteiger partial charge in [0.25, 0.3) is 0 Å². The lowest BCUT2D eigenvalue weighted by molar-refractivity contribution is 0.482. The summed E-state index contributed by atoms with van der Waals surface area (Å²) in [6.45, 7) is 4.32. The van der Waals surface area contributed by atoms with Gasteiger partial charge >= 0.3 is 0 Å². The second-order valence-corrected chi connectivity index (χ2v) is 5.35. The molecule has 4 heteroatoms. The van der Waals surface area contributed by atoms with Crippen LogP contribution < -0.4 is 0 Å². The molecule has 2 heterocycles. The van der Waals surface area contributed by atoms with Crippen LogP contribution in [0, 0.1) is 6.92 Å². The van der Waals surface area contributed by atoms with E-state index in [1.54, 1.807) is 0 Å². The lowest BCUT2D eigenvalue weighted by Crippen LogP contribution is -2.20. The SMILES string of the molecule is Cc1nc2c(s1)CN(I)CC2. The zero-order valence-electron chi connectivity index (χ0n) is 6.30. The Morgan fingerprint density at radius 2 is 2.45 bits per heavy atom. The van der Waals surface area contributed by atoms with Gasteiger partial charge in [-0.2, -0.15) is 0 Å². The van der Waals surface area contributed by atoms with Gasteiger partial charge in [0.2, 0.25) is 0 Å². The fourth-order valence-corrected chi connectivity index (χ4v) is 3.11. The van der Waals surface area contributed by atoms with Crippen molar-refractivity contribution < 1.29 is 0 Å². The molecule has 2 nitrogen and oxygen atoms in total. The third-order valence-corrected chi connectivity index (χ3v) is 3.61. The molecule has 0 unspecified atom stereocenters. The van der Waals surface area contributed by atoms with E-state index in [1.165, 1.54) is 15.6 Å². The van der Waals surface area contributed by atoms with Crippen LogP contribution in [0.4, 0.5) is 0 Å². The molecule has 2 rings (SSSR count). The number of fused-ring (bicyclic) bond motifs is 1. The van der Waals surface area contributed by atoms with Gasteiger partial charge in [0.05, 0.1) is 10.7 Å². The van der Waals surface area contributed by atoms with Crippen molar-refractivity contribution >= 4 is 34.2 Å². The van der Waals surface area contributed by atoms with Gasteiger partial charge in [-0.1, -0.05) is 0 Å². The molecule has 0 aromatic carbocycles. The van der Waals surface area contributed by atoms with Crippen molar-refractivity contribution in [3.63, 3.8) is 0 Å². The molecule has 0 atom stereocenters. The highest BCUT2D eigenvalue weighted by atomic mass is 127. The highest BCUT2D eigenvalue weighted by Crippen LogP contribution is 2.25. The molecular formula is C7H9IN2S. The third kappa shape index (κ3) is 1.57. The number of aryl methyl sites for hydroxylation is 1. The van der Waals surface area contributed by atoms with Crippen LogP contribution in [0.2, 0.25) is 0 Å². The number of halogens is 1. The van der Waals surface area contributed by atoms with Gasteiger partial charge in [-0.05, 0) is 6.92 Å². The Kier molecular flexibility index (Phi) is 2.16. The number of hydrogen-bond donors (Lipinski definition) is 0. The molecule has 0 amide bonds. The molecule has 11 heavy (non-hydrogen) atoms. The molecule has 0 saturated carbocycles. The summed E-state index contributed by atoms with van der Waals surface area (Å²) in [5.74, 6) is 0. The van der Waals surface area contributed by atoms with E-state index in [0.29, 0.717) is 0 Å². The number of rotatable bonds is 0. The first-order valence-electron chi connectivity index (χ1n) is 3.61. The smallest absolute Gasteiger partial charge is 0.0900 e. The zero-order valence-corrected chi connectivity index (χ0v) is 9.28. The Morgan fingerprint density at radius 3 is 3.27 bits per heavy atom. The standard InChI is InChI=1S/C7H9IN2S/c1-5-9-6-2-3-10(8)4-7(6)11-5/h2-4H2,1H3. The molecule has 1 aromatic rings. The van der Waals surface area contributed by atoms with Crippen LogP contribution >= 0.6 is 34.2 Å². The molecule has 0 bridgehead atoms. The average Bonchev–Trinajstić information content (AvgIpc) is 2.27. The highest BCUT2D eigenvalue weighted by molar-refractivity contribution is 14.1. The lowest BCUT2D eigenvalue weighted by atomic mass is 10.2. The summed E-state index contributed by atoms with van der Waals surface area (Å²) in [6, 6.07) is 0. The Labute approximate surface area is 84.1 Å². The minimum absolute atomic E-state index is 1.08. The van der Waals surface area contributed by atoms with Crippen molar-refractivity contribution in [2.45, 2.75) is 19.9 Å². The van der Waals surface area contributed by atoms with Crippen molar-refractivity contribution in [2.24, 2.45) is 0 Å². The predicted octanol–water partition coefficient (Wildman–Crippen LogP) is 2.16. The van der Waals surface area contributed by atoms with E-state index >= 15 is 0 Å². The minimum atomic E-state index is 1.08. The van der Waals surface area contributed by atoms with Crippen LogP contribution in [0.15, 0.2) is 0 Å². The molecule has 0 fully saturated rings. The summed E-state index contributed by atoms with van der Waals surface area (Å²) in [6.07, 6.45) is 1.13. The molecule has 1 aromatic heterocycles. The first kappa shape index (κ1) is 7.94. The minimum Gasteiger partial charge on any atom is -0.246 e. The van der Waals surface area contributed by atoms with Crippen molar-refractivity contribution in [1.82, 2.24) is 8.10 Å². The number of aromatic nitrogens is 1. The maximum Gasteiger partial charge on any atom is 0.0900 e. The second kappa shape index (κ2) is 2.99. The van der Waals surface area contributed by atoms with Gasteiger partial charge in [0.15, 0.2) is 0 Å². The first-order chi connectivity index (χ1) is 5.25. The predicted molar refractivity (Wildman–Crippen MR) is 55.0 cm³/mol. The Morgan fingerprint density at radius 1 is 1.64 bits per heavy atom. The van der Waals surface area contributed by atoms with Gasteiger partial charge in [0.1, 0.15) is 0 Å². The fourth-order valence-electron chi connectivity index (χ4n) is 1.29. The molecule has 0 saturated heterocycles. The van der Waals surface area contributed by atoms with Crippen molar-refractivity contribution in [3.8, 4) is 0 Å². The van der Waals surface area contributed by atoms with E-state index in [2.05, 4.69) is 37.9 Å². The average molecular weight is 280 g/mol. The molecule has 0 aliphatic carbocycles. The maximum absolute atomic E-state index is 4.47. The second-order valence-electron chi connectivity index (χ2n) is 2.70. The van der Waals surface area contributed by atoms with E-state index in [4.69, 9.17) is 0 Å². The summed E-state index contributed by atoms with van der Waals surface area (Å²) in [5, 5.41) is 1.21. The lowest BCUT2D eigenvalue weighted by Gasteiger charge is -2.18. The van der Waals surface area contributed by atoms with Gasteiger partial charge in [-0.3, -0.25) is 0 Å². The summed E-state index contributed by atoms with van der Waals surface area (Å²) < 4.78 is 2.32. The molecule has 0 spiro atoms. The van der Waals surface area contributed by atoms with E-state index in [-0.39, 0.29) is 0 Å². The Bertz CT molecular complexity index is 271. The maximum atomic E-state index is 4.47. The summed E-state index contributed by atoms with van der Waals surface area (Å²) in [7, 11) is 0. The molecule has 1 aliphatic heterocycles. The normalized spacial score (nSPS) is 18.4. The summed E-state index contributed by atoms with van der Waals surface area (Å²) in [5.41, 5.74) is 1.33. The number of hydrogen-bond acceptors (Lipinski definition) is 3. The fraction of sp³-hybridized carbons (Fsp3) is 0.571. The van der Waals surface area contributed by atoms with Gasteiger partial charge in [-0.25, -0.2) is 8.10 Å². The highest BCUT2D eigenvalue weighted by Gasteiger charge is 2.17. The zero-order chi connectivity index (χ0) is 7.84. The summed E-state index contributed by atoms with van der Waals surface area (Å²) >= 11 is 4.21. The van der Waals surface area contributed by atoms with Crippen molar-refractivity contribution in [3.05, 3.63) is 15.6 Å². The largest absolute Gasteiger partial charge is 0.246 e. The quantitative estimate of drug-likeness (QED) is 0.535. The number of thiazole rings is 1. The Hall–Kier alpha value is 0.320. The van der Waals surface area contributed by atoms with Crippen LogP contribution in [0.25, 0.3) is 0 Å². The molecule has 1 aliphatic rings. The van der Waals surface area contributed by atoms with Crippen molar-refractivity contribution in [2.75, 3.05) is 6.54 Å². The molecule has 60 valence electrons. The van der Waals surface area contributed by atoms with E-state index in [0.717, 1.165) is 19.5 Å².